The van der Waals surface area contributed by atoms with E-state index in [2.05, 4.69) is 19.9 Å². The zero-order valence-corrected chi connectivity index (χ0v) is 13.0. The zero-order chi connectivity index (χ0) is 14.2. The van der Waals surface area contributed by atoms with Crippen molar-refractivity contribution in [2.45, 2.75) is 61.4 Å². The highest BCUT2D eigenvalue weighted by Gasteiger charge is 2.55. The van der Waals surface area contributed by atoms with Crippen molar-refractivity contribution in [2.75, 3.05) is 0 Å². The van der Waals surface area contributed by atoms with Crippen molar-refractivity contribution in [1.82, 2.24) is 0 Å². The second-order valence-electron chi connectivity index (χ2n) is 5.89. The third kappa shape index (κ3) is 2.49. The number of rotatable bonds is 2. The van der Waals surface area contributed by atoms with Crippen LogP contribution < -0.4 is 0 Å². The maximum Gasteiger partial charge on any atom is 0.113 e. The second kappa shape index (κ2) is 5.45. The minimum Gasteiger partial charge on any atom is -0.362 e. The molecule has 1 heterocycles. The highest BCUT2D eigenvalue weighted by atomic mass is 32.2. The van der Waals surface area contributed by atoms with Gasteiger partial charge < -0.3 is 4.74 Å². The van der Waals surface area contributed by atoms with Gasteiger partial charge in [-0.25, -0.2) is 0 Å². The van der Waals surface area contributed by atoms with Crippen LogP contribution in [-0.4, -0.2) is 21.2 Å². The predicted octanol–water partition coefficient (Wildman–Crippen LogP) is 3.84. The lowest BCUT2D eigenvalue weighted by atomic mass is 9.87. The molecule has 108 valence electrons. The van der Waals surface area contributed by atoms with E-state index in [1.807, 2.05) is 30.3 Å². The smallest absolute Gasteiger partial charge is 0.113 e. The Kier molecular flexibility index (Phi) is 3.83. The summed E-state index contributed by atoms with van der Waals surface area (Å²) >= 11 is 0. The summed E-state index contributed by atoms with van der Waals surface area (Å²) in [4.78, 5) is 0.951. The second-order valence-corrected chi connectivity index (χ2v) is 7.63. The molecular formula is C17H22O2S. The first kappa shape index (κ1) is 14.0. The van der Waals surface area contributed by atoms with Crippen LogP contribution in [0.1, 0.15) is 39.5 Å². The van der Waals surface area contributed by atoms with Gasteiger partial charge in [-0.05, 0) is 57.2 Å². The van der Waals surface area contributed by atoms with Gasteiger partial charge in [0, 0.05) is 10.1 Å². The molecule has 0 amide bonds. The summed E-state index contributed by atoms with van der Waals surface area (Å²) in [7, 11) is -0.922. The van der Waals surface area contributed by atoms with Crippen LogP contribution in [0.25, 0.3) is 0 Å². The molecule has 1 aliphatic heterocycles. The Hall–Kier alpha value is -0.930. The Labute approximate surface area is 123 Å². The largest absolute Gasteiger partial charge is 0.362 e. The molecule has 4 atom stereocenters. The van der Waals surface area contributed by atoms with Crippen LogP contribution in [0.3, 0.4) is 0 Å². The molecule has 0 radical (unpaired) electrons. The van der Waals surface area contributed by atoms with E-state index >= 15 is 0 Å². The molecule has 0 bridgehead atoms. The molecule has 1 saturated carbocycles. The summed E-state index contributed by atoms with van der Waals surface area (Å²) in [6, 6.07) is 9.85. The van der Waals surface area contributed by atoms with Gasteiger partial charge in [-0.15, -0.1) is 0 Å². The van der Waals surface area contributed by atoms with Crippen molar-refractivity contribution >= 4 is 10.8 Å². The summed E-state index contributed by atoms with van der Waals surface area (Å²) in [6.45, 7) is 4.25. The van der Waals surface area contributed by atoms with Crippen molar-refractivity contribution in [1.29, 1.82) is 0 Å². The average Bonchev–Trinajstić information content (AvgIpc) is 3.11. The van der Waals surface area contributed by atoms with Gasteiger partial charge in [0.15, 0.2) is 0 Å². The molecule has 2 fully saturated rings. The van der Waals surface area contributed by atoms with Crippen molar-refractivity contribution in [2.24, 2.45) is 0 Å². The van der Waals surface area contributed by atoms with Crippen LogP contribution in [-0.2, 0) is 15.5 Å². The van der Waals surface area contributed by atoms with Gasteiger partial charge >= 0.3 is 0 Å². The van der Waals surface area contributed by atoms with Gasteiger partial charge in [-0.1, -0.05) is 24.3 Å². The highest BCUT2D eigenvalue weighted by Crippen LogP contribution is 2.49. The van der Waals surface area contributed by atoms with Gasteiger partial charge in [0.1, 0.15) is 5.60 Å². The Balaban J connectivity index is 1.81. The number of benzene rings is 1. The number of ether oxygens (including phenoxy) is 1. The molecular weight excluding hydrogens is 268 g/mol. The fraction of sp³-hybridized carbons (Fsp3) is 0.529. The molecule has 3 heteroatoms. The number of fused-ring (bicyclic) bond motifs is 1. The van der Waals surface area contributed by atoms with Crippen molar-refractivity contribution < 1.29 is 8.95 Å². The monoisotopic (exact) mass is 290 g/mol. The normalized spacial score (nSPS) is 36.8. The quantitative estimate of drug-likeness (QED) is 0.612. The molecule has 1 unspecified atom stereocenters. The summed E-state index contributed by atoms with van der Waals surface area (Å²) in [5.74, 6) is 0. The fourth-order valence-electron chi connectivity index (χ4n) is 3.29. The van der Waals surface area contributed by atoms with Crippen LogP contribution in [0.2, 0.25) is 0 Å². The van der Waals surface area contributed by atoms with Crippen LogP contribution in [0, 0.1) is 0 Å². The Bertz CT molecular complexity index is 537. The molecule has 0 N–H and O–H groups in total. The van der Waals surface area contributed by atoms with Crippen molar-refractivity contribution in [3.05, 3.63) is 42.0 Å². The maximum absolute atomic E-state index is 12.8. The van der Waals surface area contributed by atoms with Gasteiger partial charge in [-0.3, -0.25) is 4.21 Å². The number of hydrogen-bond donors (Lipinski definition) is 0. The lowest BCUT2D eigenvalue weighted by Crippen LogP contribution is -2.25. The summed E-state index contributed by atoms with van der Waals surface area (Å²) < 4.78 is 18.7. The molecule has 0 aromatic heterocycles. The summed E-state index contributed by atoms with van der Waals surface area (Å²) in [5.41, 5.74) is 1.25. The fourth-order valence-corrected chi connectivity index (χ4v) is 4.82. The van der Waals surface area contributed by atoms with E-state index in [0.717, 1.165) is 30.6 Å². The standard InChI is InChI=1S/C17H22O2S/c1-3-13-12-15(10-7-11-16-17(13,2)19-16)20(18)14-8-5-4-6-9-14/h3-6,8-9,15-16H,7,10-12H2,1-2H3/b13-3+/t15-,16-,17+,20?/m0/s1. The molecule has 3 rings (SSSR count). The molecule has 2 aliphatic rings. The molecule has 1 aromatic carbocycles. The molecule has 1 aliphatic carbocycles. The Morgan fingerprint density at radius 2 is 2.05 bits per heavy atom. The van der Waals surface area contributed by atoms with Crippen LogP contribution in [0.4, 0.5) is 0 Å². The van der Waals surface area contributed by atoms with E-state index in [-0.39, 0.29) is 10.9 Å². The summed E-state index contributed by atoms with van der Waals surface area (Å²) in [6.07, 6.45) is 6.68. The third-order valence-corrected chi connectivity index (χ3v) is 6.39. The number of allylic oxidation sites excluding steroid dienone is 1. The van der Waals surface area contributed by atoms with Crippen molar-refractivity contribution in [3.8, 4) is 0 Å². The molecule has 1 aromatic rings. The molecule has 20 heavy (non-hydrogen) atoms. The number of epoxide rings is 1. The van der Waals surface area contributed by atoms with E-state index < -0.39 is 10.8 Å². The van der Waals surface area contributed by atoms with Gasteiger partial charge in [-0.2, -0.15) is 0 Å². The SMILES string of the molecule is C/C=C1\C[C@@H](S(=O)c2ccccc2)CCC[C@@H]2O[C@]12C. The van der Waals surface area contributed by atoms with Gasteiger partial charge in [0.2, 0.25) is 0 Å². The number of hydrogen-bond acceptors (Lipinski definition) is 2. The minimum atomic E-state index is -0.922. The lowest BCUT2D eigenvalue weighted by Gasteiger charge is -2.23. The Morgan fingerprint density at radius 3 is 2.75 bits per heavy atom. The molecule has 1 saturated heterocycles. The lowest BCUT2D eigenvalue weighted by molar-refractivity contribution is 0.328. The first-order chi connectivity index (χ1) is 9.65. The van der Waals surface area contributed by atoms with E-state index in [1.165, 1.54) is 5.57 Å². The first-order valence-electron chi connectivity index (χ1n) is 7.44. The first-order valence-corrected chi connectivity index (χ1v) is 8.65. The van der Waals surface area contributed by atoms with Crippen LogP contribution in [0.5, 0.6) is 0 Å². The third-order valence-electron chi connectivity index (χ3n) is 4.65. The average molecular weight is 290 g/mol. The Morgan fingerprint density at radius 1 is 1.30 bits per heavy atom. The molecule has 2 nitrogen and oxygen atoms in total. The van der Waals surface area contributed by atoms with E-state index in [0.29, 0.717) is 6.10 Å². The van der Waals surface area contributed by atoms with E-state index in [4.69, 9.17) is 4.74 Å². The topological polar surface area (TPSA) is 29.6 Å². The van der Waals surface area contributed by atoms with Gasteiger partial charge in [0.25, 0.3) is 0 Å². The highest BCUT2D eigenvalue weighted by molar-refractivity contribution is 7.85. The van der Waals surface area contributed by atoms with Crippen LogP contribution in [0.15, 0.2) is 46.9 Å². The van der Waals surface area contributed by atoms with Crippen LogP contribution >= 0.6 is 0 Å². The molecule has 0 spiro atoms. The minimum absolute atomic E-state index is 0.0751. The van der Waals surface area contributed by atoms with Gasteiger partial charge in [0.05, 0.1) is 16.9 Å². The summed E-state index contributed by atoms with van der Waals surface area (Å²) in [5, 5.41) is 0.213. The predicted molar refractivity (Wildman–Crippen MR) is 82.1 cm³/mol. The van der Waals surface area contributed by atoms with E-state index in [9.17, 15) is 4.21 Å². The zero-order valence-electron chi connectivity index (χ0n) is 12.2. The van der Waals surface area contributed by atoms with Crippen molar-refractivity contribution in [3.63, 3.8) is 0 Å². The maximum atomic E-state index is 12.8. The van der Waals surface area contributed by atoms with E-state index in [1.54, 1.807) is 0 Å².